The molecule has 0 radical (unpaired) electrons. The van der Waals surface area contributed by atoms with Gasteiger partial charge in [-0.2, -0.15) is 0 Å². The number of pyridine rings is 1. The molecule has 0 bridgehead atoms. The molecule has 2 heteroatoms. The zero-order valence-corrected chi connectivity index (χ0v) is 13.2. The molecule has 1 aliphatic rings. The highest BCUT2D eigenvalue weighted by Gasteiger charge is 2.30. The second-order valence-electron chi connectivity index (χ2n) is 6.47. The Labute approximate surface area is 128 Å². The minimum atomic E-state index is 0.683. The minimum Gasteiger partial charge on any atom is -0.319 e. The SMILES string of the molecule is CCC1CCC(CNC)C(c2ccc3cccnc3c2)C1. The summed E-state index contributed by atoms with van der Waals surface area (Å²) >= 11 is 0. The van der Waals surface area contributed by atoms with Crippen LogP contribution in [0.25, 0.3) is 10.9 Å². The number of hydrogen-bond acceptors (Lipinski definition) is 2. The molecule has 0 spiro atoms. The van der Waals surface area contributed by atoms with Crippen molar-refractivity contribution in [1.29, 1.82) is 0 Å². The molecule has 1 saturated carbocycles. The third-order valence-corrected chi connectivity index (χ3v) is 5.20. The van der Waals surface area contributed by atoms with Crippen LogP contribution in [0, 0.1) is 11.8 Å². The topological polar surface area (TPSA) is 24.9 Å². The van der Waals surface area contributed by atoms with Crippen molar-refractivity contribution in [1.82, 2.24) is 10.3 Å². The Hall–Kier alpha value is -1.41. The molecule has 2 aromatic rings. The van der Waals surface area contributed by atoms with Crippen molar-refractivity contribution in [3.05, 3.63) is 42.1 Å². The lowest BCUT2D eigenvalue weighted by Crippen LogP contribution is -2.30. The van der Waals surface area contributed by atoms with E-state index in [9.17, 15) is 0 Å². The number of hydrogen-bond donors (Lipinski definition) is 1. The van der Waals surface area contributed by atoms with Crippen LogP contribution in [-0.2, 0) is 0 Å². The standard InChI is InChI=1S/C19H26N2/c1-3-14-6-7-17(13-20-2)18(11-14)16-9-8-15-5-4-10-21-19(15)12-16/h4-5,8-10,12,14,17-18,20H,3,6-7,11,13H2,1-2H3. The van der Waals surface area contributed by atoms with Gasteiger partial charge in [0.2, 0.25) is 0 Å². The van der Waals surface area contributed by atoms with Crippen LogP contribution in [0.1, 0.15) is 44.1 Å². The van der Waals surface area contributed by atoms with Crippen molar-refractivity contribution in [2.45, 2.75) is 38.5 Å². The first kappa shape index (κ1) is 14.5. The van der Waals surface area contributed by atoms with Gasteiger partial charge in [0.15, 0.2) is 0 Å². The second kappa shape index (κ2) is 6.57. The van der Waals surface area contributed by atoms with Crippen molar-refractivity contribution in [2.24, 2.45) is 11.8 Å². The molecule has 1 heterocycles. The Bertz CT molecular complexity index is 593. The number of nitrogens with zero attached hydrogens (tertiary/aromatic N) is 1. The van der Waals surface area contributed by atoms with Gasteiger partial charge in [-0.3, -0.25) is 4.98 Å². The van der Waals surface area contributed by atoms with Crippen LogP contribution in [0.5, 0.6) is 0 Å². The molecule has 1 aromatic heterocycles. The van der Waals surface area contributed by atoms with Gasteiger partial charge in [-0.05, 0) is 61.9 Å². The van der Waals surface area contributed by atoms with Crippen LogP contribution in [0.2, 0.25) is 0 Å². The van der Waals surface area contributed by atoms with Crippen LogP contribution >= 0.6 is 0 Å². The Morgan fingerprint density at radius 2 is 2.14 bits per heavy atom. The van der Waals surface area contributed by atoms with Gasteiger partial charge < -0.3 is 5.32 Å². The summed E-state index contributed by atoms with van der Waals surface area (Å²) in [6.07, 6.45) is 7.29. The molecule has 2 nitrogen and oxygen atoms in total. The average molecular weight is 282 g/mol. The van der Waals surface area contributed by atoms with Gasteiger partial charge in [0.25, 0.3) is 0 Å². The maximum Gasteiger partial charge on any atom is 0.0704 e. The van der Waals surface area contributed by atoms with Crippen molar-refractivity contribution in [2.75, 3.05) is 13.6 Å². The van der Waals surface area contributed by atoms with E-state index in [1.807, 2.05) is 12.3 Å². The lowest BCUT2D eigenvalue weighted by atomic mass is 9.70. The first-order valence-corrected chi connectivity index (χ1v) is 8.31. The van der Waals surface area contributed by atoms with Gasteiger partial charge in [0.1, 0.15) is 0 Å². The van der Waals surface area contributed by atoms with Crippen molar-refractivity contribution < 1.29 is 0 Å². The molecule has 1 N–H and O–H groups in total. The Morgan fingerprint density at radius 3 is 2.95 bits per heavy atom. The van der Waals surface area contributed by atoms with Crippen LogP contribution in [0.3, 0.4) is 0 Å². The zero-order chi connectivity index (χ0) is 14.7. The number of nitrogens with one attached hydrogen (secondary N) is 1. The van der Waals surface area contributed by atoms with E-state index in [2.05, 4.69) is 48.5 Å². The van der Waals surface area contributed by atoms with Crippen molar-refractivity contribution in [3.63, 3.8) is 0 Å². The molecule has 0 aliphatic heterocycles. The Kier molecular flexibility index (Phi) is 4.54. The second-order valence-corrected chi connectivity index (χ2v) is 6.47. The molecule has 1 aliphatic carbocycles. The number of rotatable bonds is 4. The van der Waals surface area contributed by atoms with Crippen molar-refractivity contribution >= 4 is 10.9 Å². The van der Waals surface area contributed by atoms with Gasteiger partial charge in [0, 0.05) is 11.6 Å². The molecular formula is C19H26N2. The quantitative estimate of drug-likeness (QED) is 0.901. The molecule has 0 amide bonds. The molecular weight excluding hydrogens is 256 g/mol. The van der Waals surface area contributed by atoms with E-state index in [-0.39, 0.29) is 0 Å². The first-order valence-electron chi connectivity index (χ1n) is 8.31. The van der Waals surface area contributed by atoms with E-state index in [4.69, 9.17) is 0 Å². The maximum absolute atomic E-state index is 4.53. The van der Waals surface area contributed by atoms with E-state index in [1.54, 1.807) is 0 Å². The van der Waals surface area contributed by atoms with Gasteiger partial charge in [-0.25, -0.2) is 0 Å². The highest BCUT2D eigenvalue weighted by molar-refractivity contribution is 5.79. The smallest absolute Gasteiger partial charge is 0.0704 e. The molecule has 1 fully saturated rings. The summed E-state index contributed by atoms with van der Waals surface area (Å²) in [5.41, 5.74) is 2.62. The fourth-order valence-corrected chi connectivity index (χ4v) is 3.92. The third kappa shape index (κ3) is 3.11. The number of benzene rings is 1. The highest BCUT2D eigenvalue weighted by atomic mass is 14.8. The maximum atomic E-state index is 4.53. The largest absolute Gasteiger partial charge is 0.319 e. The average Bonchev–Trinajstić information content (AvgIpc) is 2.55. The predicted octanol–water partition coefficient (Wildman–Crippen LogP) is 4.36. The molecule has 3 rings (SSSR count). The number of fused-ring (bicyclic) bond motifs is 1. The summed E-state index contributed by atoms with van der Waals surface area (Å²) in [7, 11) is 2.07. The first-order chi connectivity index (χ1) is 10.3. The van der Waals surface area contributed by atoms with E-state index in [0.29, 0.717) is 5.92 Å². The predicted molar refractivity (Wildman–Crippen MR) is 89.5 cm³/mol. The highest BCUT2D eigenvalue weighted by Crippen LogP contribution is 2.41. The van der Waals surface area contributed by atoms with Crippen LogP contribution in [0.4, 0.5) is 0 Å². The van der Waals surface area contributed by atoms with Crippen LogP contribution in [-0.4, -0.2) is 18.6 Å². The van der Waals surface area contributed by atoms with E-state index in [1.165, 1.54) is 36.6 Å². The number of aromatic nitrogens is 1. The van der Waals surface area contributed by atoms with E-state index >= 15 is 0 Å². The fraction of sp³-hybridized carbons (Fsp3) is 0.526. The van der Waals surface area contributed by atoms with Crippen molar-refractivity contribution in [3.8, 4) is 0 Å². The van der Waals surface area contributed by atoms with E-state index in [0.717, 1.165) is 23.9 Å². The zero-order valence-electron chi connectivity index (χ0n) is 13.2. The van der Waals surface area contributed by atoms with Crippen LogP contribution in [0.15, 0.2) is 36.5 Å². The molecule has 1 aromatic carbocycles. The molecule has 0 saturated heterocycles. The Morgan fingerprint density at radius 1 is 1.24 bits per heavy atom. The minimum absolute atomic E-state index is 0.683. The summed E-state index contributed by atoms with van der Waals surface area (Å²) in [6, 6.07) is 11.0. The van der Waals surface area contributed by atoms with Gasteiger partial charge in [0.05, 0.1) is 5.52 Å². The fourth-order valence-electron chi connectivity index (χ4n) is 3.92. The Balaban J connectivity index is 1.92. The normalized spacial score (nSPS) is 26.1. The van der Waals surface area contributed by atoms with E-state index < -0.39 is 0 Å². The lowest BCUT2D eigenvalue weighted by Gasteiger charge is -2.36. The summed E-state index contributed by atoms with van der Waals surface area (Å²) in [4.78, 5) is 4.53. The summed E-state index contributed by atoms with van der Waals surface area (Å²) in [5, 5.41) is 4.64. The van der Waals surface area contributed by atoms with Crippen LogP contribution < -0.4 is 5.32 Å². The van der Waals surface area contributed by atoms with Gasteiger partial charge in [-0.15, -0.1) is 0 Å². The summed E-state index contributed by atoms with van der Waals surface area (Å²) in [5.74, 6) is 2.34. The monoisotopic (exact) mass is 282 g/mol. The lowest BCUT2D eigenvalue weighted by molar-refractivity contribution is 0.228. The van der Waals surface area contributed by atoms with Gasteiger partial charge >= 0.3 is 0 Å². The summed E-state index contributed by atoms with van der Waals surface area (Å²) < 4.78 is 0. The molecule has 21 heavy (non-hydrogen) atoms. The summed E-state index contributed by atoms with van der Waals surface area (Å²) in [6.45, 7) is 3.46. The molecule has 3 atom stereocenters. The third-order valence-electron chi connectivity index (χ3n) is 5.20. The van der Waals surface area contributed by atoms with Gasteiger partial charge in [-0.1, -0.05) is 38.0 Å². The molecule has 3 unspecified atom stereocenters. The molecule has 112 valence electrons.